The van der Waals surface area contributed by atoms with Crippen molar-refractivity contribution in [2.75, 3.05) is 23.7 Å². The van der Waals surface area contributed by atoms with Gasteiger partial charge in [-0.1, -0.05) is 29.8 Å². The van der Waals surface area contributed by atoms with Crippen molar-refractivity contribution in [1.82, 2.24) is 20.5 Å². The normalized spacial score (nSPS) is 10.7. The minimum Gasteiger partial charge on any atom is -0.367 e. The standard InChI is InChI=1S/C21H21ClN6O/c1-15-10-11-23-20(14-15)26-19-8-7-18(27-28-19)24-12-13-25-21(29)9-6-16-4-2-3-5-17(16)22/h2-11,14H,12-13H2,1H3,(H,24,27)(H,25,29)(H,23,26,28)/b9-6+. The third-order valence-corrected chi connectivity index (χ3v) is 4.23. The van der Waals surface area contributed by atoms with E-state index in [1.165, 1.54) is 6.08 Å². The molecule has 0 bridgehead atoms. The third-order valence-electron chi connectivity index (χ3n) is 3.89. The second kappa shape index (κ2) is 10.2. The zero-order valence-corrected chi connectivity index (χ0v) is 16.6. The smallest absolute Gasteiger partial charge is 0.244 e. The number of benzene rings is 1. The van der Waals surface area contributed by atoms with Crippen molar-refractivity contribution in [2.24, 2.45) is 0 Å². The number of halogens is 1. The molecule has 3 rings (SSSR count). The maximum Gasteiger partial charge on any atom is 0.244 e. The quantitative estimate of drug-likeness (QED) is 0.387. The first-order chi connectivity index (χ1) is 14.1. The molecule has 2 aromatic heterocycles. The number of aromatic nitrogens is 3. The zero-order valence-electron chi connectivity index (χ0n) is 15.9. The number of anilines is 3. The van der Waals surface area contributed by atoms with Crippen LogP contribution < -0.4 is 16.0 Å². The highest BCUT2D eigenvalue weighted by Crippen LogP contribution is 2.16. The highest BCUT2D eigenvalue weighted by atomic mass is 35.5. The van der Waals surface area contributed by atoms with Gasteiger partial charge in [-0.05, 0) is 54.5 Å². The van der Waals surface area contributed by atoms with E-state index in [0.717, 1.165) is 11.1 Å². The summed E-state index contributed by atoms with van der Waals surface area (Å²) in [7, 11) is 0. The van der Waals surface area contributed by atoms with Crippen molar-refractivity contribution in [3.8, 4) is 0 Å². The Labute approximate surface area is 174 Å². The molecule has 3 aromatic rings. The van der Waals surface area contributed by atoms with Crippen LogP contribution >= 0.6 is 11.6 Å². The minimum absolute atomic E-state index is 0.192. The molecule has 2 heterocycles. The summed E-state index contributed by atoms with van der Waals surface area (Å²) >= 11 is 6.05. The van der Waals surface area contributed by atoms with E-state index in [1.807, 2.05) is 49.4 Å². The van der Waals surface area contributed by atoms with Crippen molar-refractivity contribution in [3.05, 3.63) is 77.0 Å². The van der Waals surface area contributed by atoms with Crippen LogP contribution in [-0.4, -0.2) is 34.2 Å². The van der Waals surface area contributed by atoms with Crippen molar-refractivity contribution < 1.29 is 4.79 Å². The van der Waals surface area contributed by atoms with Crippen LogP contribution in [0.2, 0.25) is 5.02 Å². The van der Waals surface area contributed by atoms with Crippen LogP contribution in [-0.2, 0) is 4.79 Å². The van der Waals surface area contributed by atoms with Crippen LogP contribution in [0.4, 0.5) is 17.5 Å². The fraction of sp³-hybridized carbons (Fsp3) is 0.143. The molecule has 7 nitrogen and oxygen atoms in total. The molecule has 0 saturated heterocycles. The largest absolute Gasteiger partial charge is 0.367 e. The Bertz CT molecular complexity index is 990. The predicted molar refractivity (Wildman–Crippen MR) is 116 cm³/mol. The molecule has 0 radical (unpaired) electrons. The van der Waals surface area contributed by atoms with E-state index < -0.39 is 0 Å². The SMILES string of the molecule is Cc1ccnc(Nc2ccc(NCCNC(=O)/C=C/c3ccccc3Cl)nn2)c1. The van der Waals surface area contributed by atoms with E-state index in [4.69, 9.17) is 11.6 Å². The van der Waals surface area contributed by atoms with Crippen molar-refractivity contribution in [2.45, 2.75) is 6.92 Å². The maximum atomic E-state index is 11.9. The zero-order chi connectivity index (χ0) is 20.5. The van der Waals surface area contributed by atoms with E-state index in [2.05, 4.69) is 31.1 Å². The van der Waals surface area contributed by atoms with Crippen molar-refractivity contribution in [3.63, 3.8) is 0 Å². The second-order valence-electron chi connectivity index (χ2n) is 6.22. The lowest BCUT2D eigenvalue weighted by Gasteiger charge is -2.07. The van der Waals surface area contributed by atoms with E-state index >= 15 is 0 Å². The van der Waals surface area contributed by atoms with Crippen molar-refractivity contribution >= 4 is 41.0 Å². The first kappa shape index (κ1) is 20.3. The molecule has 0 aliphatic rings. The molecule has 0 fully saturated rings. The number of nitrogens with one attached hydrogen (secondary N) is 3. The Morgan fingerprint density at radius 3 is 2.59 bits per heavy atom. The summed E-state index contributed by atoms with van der Waals surface area (Å²) in [4.78, 5) is 16.1. The molecule has 1 amide bonds. The average molecular weight is 409 g/mol. The second-order valence-corrected chi connectivity index (χ2v) is 6.63. The summed E-state index contributed by atoms with van der Waals surface area (Å²) in [6.45, 7) is 2.96. The fourth-order valence-electron chi connectivity index (χ4n) is 2.44. The molecular formula is C21H21ClN6O. The lowest BCUT2D eigenvalue weighted by molar-refractivity contribution is -0.116. The molecule has 1 aromatic carbocycles. The number of hydrogen-bond donors (Lipinski definition) is 3. The van der Waals surface area contributed by atoms with Gasteiger partial charge in [0, 0.05) is 30.4 Å². The van der Waals surface area contributed by atoms with E-state index in [9.17, 15) is 4.79 Å². The summed E-state index contributed by atoms with van der Waals surface area (Å²) in [5, 5.41) is 17.8. The molecular weight excluding hydrogens is 388 g/mol. The van der Waals surface area contributed by atoms with E-state index in [-0.39, 0.29) is 5.91 Å². The Morgan fingerprint density at radius 1 is 1.03 bits per heavy atom. The van der Waals surface area contributed by atoms with Gasteiger partial charge in [-0.3, -0.25) is 4.79 Å². The van der Waals surface area contributed by atoms with Gasteiger partial charge in [-0.2, -0.15) is 0 Å². The van der Waals surface area contributed by atoms with Gasteiger partial charge in [-0.15, -0.1) is 10.2 Å². The van der Waals surface area contributed by atoms with Gasteiger partial charge in [0.15, 0.2) is 5.82 Å². The highest BCUT2D eigenvalue weighted by molar-refractivity contribution is 6.32. The number of rotatable bonds is 8. The lowest BCUT2D eigenvalue weighted by Crippen LogP contribution is -2.27. The number of carbonyl (C=O) groups excluding carboxylic acids is 1. The van der Waals surface area contributed by atoms with Crippen LogP contribution in [0.3, 0.4) is 0 Å². The predicted octanol–water partition coefficient (Wildman–Crippen LogP) is 3.82. The number of pyridine rings is 1. The summed E-state index contributed by atoms with van der Waals surface area (Å²) < 4.78 is 0. The molecule has 0 aliphatic heterocycles. The molecule has 0 atom stereocenters. The molecule has 0 aliphatic carbocycles. The summed E-state index contributed by atoms with van der Waals surface area (Å²) in [5.74, 6) is 1.75. The van der Waals surface area contributed by atoms with Crippen LogP contribution in [0.25, 0.3) is 6.08 Å². The first-order valence-corrected chi connectivity index (χ1v) is 9.46. The number of nitrogens with zero attached hydrogens (tertiary/aromatic N) is 3. The minimum atomic E-state index is -0.192. The molecule has 8 heteroatoms. The number of aryl methyl sites for hydroxylation is 1. The number of amides is 1. The Morgan fingerprint density at radius 2 is 1.83 bits per heavy atom. The molecule has 0 unspecified atom stereocenters. The van der Waals surface area contributed by atoms with Gasteiger partial charge in [-0.25, -0.2) is 4.98 Å². The number of carbonyl (C=O) groups is 1. The highest BCUT2D eigenvalue weighted by Gasteiger charge is 2.01. The van der Waals surface area contributed by atoms with E-state index in [0.29, 0.717) is 35.6 Å². The van der Waals surface area contributed by atoms with Gasteiger partial charge < -0.3 is 16.0 Å². The van der Waals surface area contributed by atoms with Gasteiger partial charge in [0.25, 0.3) is 0 Å². The molecule has 0 saturated carbocycles. The molecule has 29 heavy (non-hydrogen) atoms. The topological polar surface area (TPSA) is 91.8 Å². The van der Waals surface area contributed by atoms with Crippen LogP contribution in [0.5, 0.6) is 0 Å². The Kier molecular flexibility index (Phi) is 7.13. The van der Waals surface area contributed by atoms with Crippen LogP contribution in [0, 0.1) is 6.92 Å². The summed E-state index contributed by atoms with van der Waals surface area (Å²) in [6, 6.07) is 14.8. The van der Waals surface area contributed by atoms with Gasteiger partial charge in [0.05, 0.1) is 0 Å². The third kappa shape index (κ3) is 6.58. The Hall–Kier alpha value is -3.45. The van der Waals surface area contributed by atoms with Gasteiger partial charge >= 0.3 is 0 Å². The monoisotopic (exact) mass is 408 g/mol. The number of hydrogen-bond acceptors (Lipinski definition) is 6. The maximum absolute atomic E-state index is 11.9. The molecule has 3 N–H and O–H groups in total. The summed E-state index contributed by atoms with van der Waals surface area (Å²) in [5.41, 5.74) is 1.91. The Balaban J connectivity index is 1.40. The van der Waals surface area contributed by atoms with E-state index in [1.54, 1.807) is 18.3 Å². The van der Waals surface area contributed by atoms with Gasteiger partial charge in [0.1, 0.15) is 11.6 Å². The molecule has 148 valence electrons. The van der Waals surface area contributed by atoms with Crippen molar-refractivity contribution in [1.29, 1.82) is 0 Å². The molecule has 0 spiro atoms. The van der Waals surface area contributed by atoms with Gasteiger partial charge in [0.2, 0.25) is 5.91 Å². The lowest BCUT2D eigenvalue weighted by atomic mass is 10.2. The average Bonchev–Trinajstić information content (AvgIpc) is 2.72. The van der Waals surface area contributed by atoms with Crippen LogP contribution in [0.15, 0.2) is 60.8 Å². The summed E-state index contributed by atoms with van der Waals surface area (Å²) in [6.07, 6.45) is 4.88. The first-order valence-electron chi connectivity index (χ1n) is 9.08. The fourth-order valence-corrected chi connectivity index (χ4v) is 2.64. The van der Waals surface area contributed by atoms with Crippen LogP contribution in [0.1, 0.15) is 11.1 Å².